The van der Waals surface area contributed by atoms with Crippen molar-refractivity contribution in [1.82, 2.24) is 14.7 Å². The van der Waals surface area contributed by atoms with Gasteiger partial charge in [-0.25, -0.2) is 18.0 Å². The molecule has 42 heavy (non-hydrogen) atoms. The minimum atomic E-state index is -6.30. The molecule has 0 bridgehead atoms. The van der Waals surface area contributed by atoms with Gasteiger partial charge in [0.05, 0.1) is 16.0 Å². The normalized spacial score (nSPS) is 18.8. The Kier molecular flexibility index (Phi) is 10.2. The van der Waals surface area contributed by atoms with E-state index < -0.39 is 40.2 Å². The first kappa shape index (κ1) is 33.2. The van der Waals surface area contributed by atoms with E-state index >= 15 is 0 Å². The molecule has 2 unspecified atom stereocenters. The summed E-state index contributed by atoms with van der Waals surface area (Å²) in [4.78, 5) is 29.8. The molecule has 232 valence electrons. The number of carbonyl (C=O) groups is 2. The zero-order chi connectivity index (χ0) is 31.5. The predicted molar refractivity (Wildman–Crippen MR) is 133 cm³/mol. The fourth-order valence-electron chi connectivity index (χ4n) is 4.46. The smallest absolute Gasteiger partial charge is 0.339 e. The van der Waals surface area contributed by atoms with E-state index in [1.54, 1.807) is 14.7 Å². The van der Waals surface area contributed by atoms with Gasteiger partial charge < -0.3 is 14.7 Å². The molecule has 2 aromatic carbocycles. The number of nitrogens with zero attached hydrogens (tertiary/aromatic N) is 3. The number of likely N-dealkylation sites (tertiary alicyclic amines) is 1. The van der Waals surface area contributed by atoms with E-state index in [1.807, 2.05) is 0 Å². The van der Waals surface area contributed by atoms with Crippen molar-refractivity contribution >= 4 is 22.7 Å². The number of halogens is 9. The lowest BCUT2D eigenvalue weighted by atomic mass is 9.94. The average molecular weight is 632 g/mol. The number of rotatable bonds is 3. The van der Waals surface area contributed by atoms with Crippen molar-refractivity contribution in [2.24, 2.45) is 0 Å². The first-order chi connectivity index (χ1) is 19.5. The van der Waals surface area contributed by atoms with Gasteiger partial charge in [0.25, 0.3) is 0 Å². The molecule has 0 N–H and O–H groups in total. The van der Waals surface area contributed by atoms with Crippen LogP contribution < -0.4 is 0 Å². The van der Waals surface area contributed by atoms with Crippen molar-refractivity contribution in [2.75, 3.05) is 39.3 Å². The van der Waals surface area contributed by atoms with Crippen molar-refractivity contribution in [3.8, 4) is 0 Å². The van der Waals surface area contributed by atoms with Crippen LogP contribution in [0.25, 0.3) is 0 Å². The lowest BCUT2D eigenvalue weighted by Gasteiger charge is -2.36. The van der Waals surface area contributed by atoms with Gasteiger partial charge >= 0.3 is 24.1 Å². The molecule has 0 aliphatic carbocycles. The number of piperazine rings is 1. The van der Waals surface area contributed by atoms with Crippen LogP contribution in [0.15, 0.2) is 53.4 Å². The van der Waals surface area contributed by atoms with Gasteiger partial charge in [-0.05, 0) is 36.8 Å². The zero-order valence-corrected chi connectivity index (χ0v) is 22.8. The maximum Gasteiger partial charge on any atom is 0.436 e. The monoisotopic (exact) mass is 631 g/mol. The topological polar surface area (TPSA) is 60.9 Å². The quantitative estimate of drug-likeness (QED) is 0.426. The highest BCUT2D eigenvalue weighted by Crippen LogP contribution is 2.53. The number of alkyl halides is 7. The van der Waals surface area contributed by atoms with Crippen LogP contribution in [-0.2, 0) is 21.3 Å². The Bertz CT molecular complexity index is 1270. The first-order valence-electron chi connectivity index (χ1n) is 12.5. The zero-order valence-electron chi connectivity index (χ0n) is 22.0. The Balaban J connectivity index is 0.000000250. The van der Waals surface area contributed by atoms with Gasteiger partial charge in [0.1, 0.15) is 11.6 Å². The highest BCUT2D eigenvalue weighted by molar-refractivity contribution is 7.85. The van der Waals surface area contributed by atoms with E-state index in [4.69, 9.17) is 0 Å². The van der Waals surface area contributed by atoms with Gasteiger partial charge in [-0.15, -0.1) is 0 Å². The summed E-state index contributed by atoms with van der Waals surface area (Å²) in [5.41, 5.74) is -7.81. The molecule has 2 aliphatic heterocycles. The van der Waals surface area contributed by atoms with Crippen LogP contribution in [0.4, 0.5) is 44.3 Å². The SMILES string of the molecule is CC(=O)N1CCN(C(=O)N2CCC(S(=O)c3ccc(F)cc3)C2)CC1.Fc1ccccc1C(F)(C(F)(F)F)C(F)(F)F. The van der Waals surface area contributed by atoms with Crippen LogP contribution in [0.1, 0.15) is 18.9 Å². The summed E-state index contributed by atoms with van der Waals surface area (Å²) in [6.07, 6.45) is -11.9. The molecule has 6 nitrogen and oxygen atoms in total. The first-order valence-corrected chi connectivity index (χ1v) is 13.7. The Morgan fingerprint density at radius 1 is 0.762 bits per heavy atom. The van der Waals surface area contributed by atoms with Crippen LogP contribution >= 0.6 is 0 Å². The molecule has 2 aromatic rings. The summed E-state index contributed by atoms with van der Waals surface area (Å²) in [5.74, 6) is -2.23. The maximum atomic E-state index is 13.3. The highest BCUT2D eigenvalue weighted by Gasteiger charge is 2.74. The minimum absolute atomic E-state index is 0.0306. The number of urea groups is 1. The molecule has 2 heterocycles. The van der Waals surface area contributed by atoms with Gasteiger partial charge in [0.15, 0.2) is 0 Å². The Labute approximate surface area is 237 Å². The second-order valence-electron chi connectivity index (χ2n) is 9.52. The van der Waals surface area contributed by atoms with Crippen LogP contribution in [0.5, 0.6) is 0 Å². The Hall–Kier alpha value is -3.30. The second-order valence-corrected chi connectivity index (χ2v) is 11.3. The van der Waals surface area contributed by atoms with Crippen LogP contribution in [0, 0.1) is 11.6 Å². The maximum absolute atomic E-state index is 13.3. The number of hydrogen-bond acceptors (Lipinski definition) is 3. The lowest BCUT2D eigenvalue weighted by molar-refractivity contribution is -0.349. The van der Waals surface area contributed by atoms with Gasteiger partial charge in [-0.3, -0.25) is 9.00 Å². The van der Waals surface area contributed by atoms with Gasteiger partial charge in [-0.2, -0.15) is 26.3 Å². The van der Waals surface area contributed by atoms with Crippen LogP contribution in [0.2, 0.25) is 0 Å². The molecule has 0 radical (unpaired) electrons. The molecular formula is C26H26F9N3O3S. The Morgan fingerprint density at radius 3 is 1.79 bits per heavy atom. The average Bonchev–Trinajstić information content (AvgIpc) is 3.42. The van der Waals surface area contributed by atoms with Crippen molar-refractivity contribution < 1.29 is 53.3 Å². The highest BCUT2D eigenvalue weighted by atomic mass is 32.2. The molecule has 0 spiro atoms. The number of hydrogen-bond donors (Lipinski definition) is 0. The fraction of sp³-hybridized carbons (Fsp3) is 0.462. The molecule has 0 aromatic heterocycles. The summed E-state index contributed by atoms with van der Waals surface area (Å²) in [6, 6.07) is 7.60. The molecule has 2 atom stereocenters. The molecule has 16 heteroatoms. The molecule has 4 rings (SSSR count). The summed E-state index contributed by atoms with van der Waals surface area (Å²) in [5, 5.41) is -0.132. The molecule has 0 saturated carbocycles. The fourth-order valence-corrected chi connectivity index (χ4v) is 5.88. The van der Waals surface area contributed by atoms with Gasteiger partial charge in [-0.1, -0.05) is 18.2 Å². The summed E-state index contributed by atoms with van der Waals surface area (Å²) in [7, 11) is -1.25. The van der Waals surface area contributed by atoms with Crippen LogP contribution in [-0.4, -0.2) is 87.7 Å². The van der Waals surface area contributed by atoms with Crippen LogP contribution in [0.3, 0.4) is 0 Å². The third-order valence-electron chi connectivity index (χ3n) is 6.79. The van der Waals surface area contributed by atoms with Gasteiger partial charge in [0.2, 0.25) is 5.91 Å². The summed E-state index contributed by atoms with van der Waals surface area (Å²) in [6.45, 7) is 4.72. The molecule has 2 saturated heterocycles. The molecule has 2 aliphatic rings. The number of carbonyl (C=O) groups excluding carboxylic acids is 2. The van der Waals surface area contributed by atoms with Gasteiger partial charge in [0, 0.05) is 56.7 Å². The van der Waals surface area contributed by atoms with Crippen molar-refractivity contribution in [3.63, 3.8) is 0 Å². The Morgan fingerprint density at radius 2 is 1.29 bits per heavy atom. The van der Waals surface area contributed by atoms with E-state index in [1.165, 1.54) is 31.2 Å². The molecule has 3 amide bonds. The third-order valence-corrected chi connectivity index (χ3v) is 8.51. The van der Waals surface area contributed by atoms with E-state index in [0.717, 1.165) is 6.07 Å². The van der Waals surface area contributed by atoms with E-state index in [2.05, 4.69) is 0 Å². The largest absolute Gasteiger partial charge is 0.436 e. The van der Waals surface area contributed by atoms with Crippen molar-refractivity contribution in [1.29, 1.82) is 0 Å². The van der Waals surface area contributed by atoms with Crippen molar-refractivity contribution in [2.45, 2.75) is 41.5 Å². The third kappa shape index (κ3) is 7.18. The van der Waals surface area contributed by atoms with E-state index in [9.17, 15) is 53.3 Å². The standard InChI is InChI=1S/C17H22FN3O3S.C9H4F8/c1-13(22)19-8-10-20(11-9-19)17(23)21-7-6-16(12-21)25(24)15-4-2-14(18)3-5-15;10-6-4-2-1-3-5(6)7(11,8(12,13)14)9(15,16)17/h2-5,16H,6-12H2,1H3;1-4H. The minimum Gasteiger partial charge on any atom is -0.339 e. The van der Waals surface area contributed by atoms with E-state index in [-0.39, 0.29) is 29.1 Å². The van der Waals surface area contributed by atoms with Crippen molar-refractivity contribution in [3.05, 3.63) is 65.7 Å². The lowest BCUT2D eigenvalue weighted by Crippen LogP contribution is -2.53. The predicted octanol–water partition coefficient (Wildman–Crippen LogP) is 5.41. The van der Waals surface area contributed by atoms with E-state index in [0.29, 0.717) is 62.7 Å². The number of amides is 3. The summed E-state index contributed by atoms with van der Waals surface area (Å²) < 4.78 is 125. The molecular weight excluding hydrogens is 605 g/mol. The molecule has 2 fully saturated rings. The number of benzene rings is 2. The summed E-state index contributed by atoms with van der Waals surface area (Å²) >= 11 is 0. The second kappa shape index (κ2) is 12.9.